The molecule has 0 fully saturated rings. The average molecular weight is 360 g/mol. The molecule has 0 amide bonds. The van der Waals surface area contributed by atoms with Crippen molar-refractivity contribution in [1.82, 2.24) is 14.9 Å². The van der Waals surface area contributed by atoms with Gasteiger partial charge in [-0.1, -0.05) is 37.7 Å². The Bertz CT molecular complexity index is 656. The molecule has 0 aliphatic carbocycles. The van der Waals surface area contributed by atoms with E-state index in [0.29, 0.717) is 17.5 Å². The number of ether oxygens (including phenoxy) is 1. The van der Waals surface area contributed by atoms with Crippen molar-refractivity contribution >= 4 is 11.8 Å². The van der Waals surface area contributed by atoms with Crippen LogP contribution < -0.4 is 10.6 Å². The van der Waals surface area contributed by atoms with Crippen LogP contribution in [0.4, 0.5) is 13.2 Å². The van der Waals surface area contributed by atoms with Crippen LogP contribution in [0.25, 0.3) is 0 Å². The number of nitrogen functional groups attached to an aromatic ring is 1. The maximum absolute atomic E-state index is 12.1. The Balaban J connectivity index is 1.89. The van der Waals surface area contributed by atoms with E-state index in [1.807, 2.05) is 24.3 Å². The first kappa shape index (κ1) is 18.4. The fourth-order valence-corrected chi connectivity index (χ4v) is 2.72. The lowest BCUT2D eigenvalue weighted by atomic mass is 10.0. The van der Waals surface area contributed by atoms with Gasteiger partial charge < -0.3 is 10.6 Å². The minimum absolute atomic E-state index is 0.0877. The quantitative estimate of drug-likeness (QED) is 0.602. The lowest BCUT2D eigenvalue weighted by Gasteiger charge is -2.09. The van der Waals surface area contributed by atoms with Gasteiger partial charge in [-0.25, -0.2) is 4.68 Å². The average Bonchev–Trinajstić information content (AvgIpc) is 2.85. The van der Waals surface area contributed by atoms with E-state index in [9.17, 15) is 13.2 Å². The first-order valence-electron chi connectivity index (χ1n) is 7.38. The smallest absolute Gasteiger partial charge is 0.389 e. The largest absolute Gasteiger partial charge is 0.486 e. The Morgan fingerprint density at radius 1 is 1.21 bits per heavy atom. The maximum atomic E-state index is 12.1. The van der Waals surface area contributed by atoms with Crippen LogP contribution in [-0.2, 0) is 6.61 Å². The van der Waals surface area contributed by atoms with E-state index in [-0.39, 0.29) is 17.5 Å². The molecule has 1 heterocycles. The molecule has 0 aliphatic rings. The van der Waals surface area contributed by atoms with Gasteiger partial charge in [0.25, 0.3) is 0 Å². The molecule has 0 aliphatic heterocycles. The molecule has 0 unspecified atom stereocenters. The molecule has 132 valence electrons. The molecule has 0 saturated carbocycles. The number of thioether (sulfide) groups is 1. The molecule has 24 heavy (non-hydrogen) atoms. The summed E-state index contributed by atoms with van der Waals surface area (Å²) in [5, 5.41) is 7.87. The monoisotopic (exact) mass is 360 g/mol. The molecule has 5 nitrogen and oxygen atoms in total. The van der Waals surface area contributed by atoms with Gasteiger partial charge in [-0.15, -0.1) is 10.2 Å². The molecule has 0 spiro atoms. The molecule has 0 bridgehead atoms. The lowest BCUT2D eigenvalue weighted by Crippen LogP contribution is -2.16. The van der Waals surface area contributed by atoms with Crippen LogP contribution in [0.1, 0.15) is 37.6 Å². The third-order valence-electron chi connectivity index (χ3n) is 3.27. The second-order valence-electron chi connectivity index (χ2n) is 5.49. The van der Waals surface area contributed by atoms with Crippen molar-refractivity contribution < 1.29 is 17.9 Å². The Hall–Kier alpha value is -1.90. The number of nitrogens with two attached hydrogens (primary N) is 1. The third kappa shape index (κ3) is 5.33. The van der Waals surface area contributed by atoms with E-state index < -0.39 is 12.6 Å². The Labute approximate surface area is 142 Å². The molecule has 9 heteroatoms. The zero-order valence-electron chi connectivity index (χ0n) is 13.4. The van der Waals surface area contributed by atoms with Gasteiger partial charge in [0.15, 0.2) is 5.82 Å². The SMILES string of the molecule is CC(C)c1ccc(OCc2nnc(SCCC(F)(F)F)n2N)cc1. The summed E-state index contributed by atoms with van der Waals surface area (Å²) >= 11 is 0.910. The topological polar surface area (TPSA) is 66.0 Å². The first-order chi connectivity index (χ1) is 11.3. The second-order valence-corrected chi connectivity index (χ2v) is 6.56. The standard InChI is InChI=1S/C15H19F3N4OS/c1-10(2)11-3-5-12(6-4-11)23-9-13-20-21-14(22(13)19)24-8-7-15(16,17)18/h3-6,10H,7-9,19H2,1-2H3. The van der Waals surface area contributed by atoms with E-state index in [1.54, 1.807) is 0 Å². The number of rotatable bonds is 7. The van der Waals surface area contributed by atoms with Crippen molar-refractivity contribution in [2.45, 2.75) is 44.1 Å². The molecule has 0 atom stereocenters. The van der Waals surface area contributed by atoms with Gasteiger partial charge in [-0.3, -0.25) is 0 Å². The van der Waals surface area contributed by atoms with Crippen LogP contribution in [0, 0.1) is 0 Å². The van der Waals surface area contributed by atoms with Crippen LogP contribution in [0.2, 0.25) is 0 Å². The minimum Gasteiger partial charge on any atom is -0.486 e. The van der Waals surface area contributed by atoms with Gasteiger partial charge in [0.2, 0.25) is 5.16 Å². The highest BCUT2D eigenvalue weighted by molar-refractivity contribution is 7.99. The van der Waals surface area contributed by atoms with Crippen molar-refractivity contribution in [2.75, 3.05) is 11.6 Å². The van der Waals surface area contributed by atoms with Crippen molar-refractivity contribution in [2.24, 2.45) is 0 Å². The number of benzene rings is 1. The van der Waals surface area contributed by atoms with Gasteiger partial charge in [0.1, 0.15) is 12.4 Å². The number of alkyl halides is 3. The van der Waals surface area contributed by atoms with Crippen molar-refractivity contribution in [3.8, 4) is 5.75 Å². The maximum Gasteiger partial charge on any atom is 0.389 e. The number of hydrogen-bond donors (Lipinski definition) is 1. The third-order valence-corrected chi connectivity index (χ3v) is 4.21. The number of nitrogens with zero attached hydrogens (tertiary/aromatic N) is 3. The molecule has 0 radical (unpaired) electrons. The summed E-state index contributed by atoms with van der Waals surface area (Å²) in [4.78, 5) is 0. The van der Waals surface area contributed by atoms with E-state index in [1.165, 1.54) is 5.56 Å². The molecule has 1 aromatic heterocycles. The Morgan fingerprint density at radius 3 is 2.46 bits per heavy atom. The van der Waals surface area contributed by atoms with Crippen LogP contribution in [0.15, 0.2) is 29.4 Å². The van der Waals surface area contributed by atoms with Crippen molar-refractivity contribution in [3.63, 3.8) is 0 Å². The summed E-state index contributed by atoms with van der Waals surface area (Å²) in [6.07, 6.45) is -5.10. The van der Waals surface area contributed by atoms with Gasteiger partial charge in [-0.2, -0.15) is 13.2 Å². The highest BCUT2D eigenvalue weighted by Gasteiger charge is 2.27. The van der Waals surface area contributed by atoms with Crippen molar-refractivity contribution in [1.29, 1.82) is 0 Å². The van der Waals surface area contributed by atoms with E-state index in [2.05, 4.69) is 24.0 Å². The fraction of sp³-hybridized carbons (Fsp3) is 0.467. The Morgan fingerprint density at radius 2 is 1.88 bits per heavy atom. The van der Waals surface area contributed by atoms with Gasteiger partial charge in [0.05, 0.1) is 6.42 Å². The van der Waals surface area contributed by atoms with Gasteiger partial charge in [-0.05, 0) is 23.6 Å². The fourth-order valence-electron chi connectivity index (χ4n) is 1.86. The summed E-state index contributed by atoms with van der Waals surface area (Å²) in [6, 6.07) is 7.66. The second kappa shape index (κ2) is 7.78. The Kier molecular flexibility index (Phi) is 5.98. The zero-order valence-corrected chi connectivity index (χ0v) is 14.2. The van der Waals surface area contributed by atoms with Gasteiger partial charge in [0, 0.05) is 5.75 Å². The molecule has 1 aromatic carbocycles. The van der Waals surface area contributed by atoms with Gasteiger partial charge >= 0.3 is 6.18 Å². The van der Waals surface area contributed by atoms with E-state index >= 15 is 0 Å². The number of halogens is 3. The molecule has 2 rings (SSSR count). The highest BCUT2D eigenvalue weighted by Crippen LogP contribution is 2.25. The summed E-state index contributed by atoms with van der Waals surface area (Å²) in [6.45, 7) is 4.29. The molecule has 2 aromatic rings. The lowest BCUT2D eigenvalue weighted by molar-refractivity contribution is -0.129. The highest BCUT2D eigenvalue weighted by atomic mass is 32.2. The van der Waals surface area contributed by atoms with Crippen molar-refractivity contribution in [3.05, 3.63) is 35.7 Å². The number of aromatic nitrogens is 3. The van der Waals surface area contributed by atoms with Crippen LogP contribution in [0.3, 0.4) is 0 Å². The normalized spacial score (nSPS) is 11.9. The van der Waals surface area contributed by atoms with Crippen LogP contribution in [0.5, 0.6) is 5.75 Å². The summed E-state index contributed by atoms with van der Waals surface area (Å²) in [7, 11) is 0. The summed E-state index contributed by atoms with van der Waals surface area (Å²) in [5.41, 5.74) is 1.20. The van der Waals surface area contributed by atoms with E-state index in [0.717, 1.165) is 16.4 Å². The zero-order chi connectivity index (χ0) is 17.7. The summed E-state index contributed by atoms with van der Waals surface area (Å²) in [5.74, 6) is 7.07. The minimum atomic E-state index is -4.19. The molecular weight excluding hydrogens is 341 g/mol. The molecule has 2 N–H and O–H groups in total. The van der Waals surface area contributed by atoms with Crippen LogP contribution >= 0.6 is 11.8 Å². The molecular formula is C15H19F3N4OS. The number of hydrogen-bond acceptors (Lipinski definition) is 5. The summed E-state index contributed by atoms with van der Waals surface area (Å²) < 4.78 is 43.2. The first-order valence-corrected chi connectivity index (χ1v) is 8.36. The van der Waals surface area contributed by atoms with E-state index in [4.69, 9.17) is 10.6 Å². The predicted octanol–water partition coefficient (Wildman–Crippen LogP) is 3.74. The van der Waals surface area contributed by atoms with Crippen LogP contribution in [-0.4, -0.2) is 26.8 Å². The predicted molar refractivity (Wildman–Crippen MR) is 86.4 cm³/mol. The molecule has 0 saturated heterocycles.